The summed E-state index contributed by atoms with van der Waals surface area (Å²) in [6.45, 7) is 7.20. The lowest BCUT2D eigenvalue weighted by Crippen LogP contribution is -2.40. The van der Waals surface area contributed by atoms with Gasteiger partial charge in [-0.15, -0.1) is 25.0 Å². The lowest BCUT2D eigenvalue weighted by molar-refractivity contribution is -0.168. The third kappa shape index (κ3) is 4.93. The highest BCUT2D eigenvalue weighted by molar-refractivity contribution is 6.00. The Labute approximate surface area is 120 Å². The van der Waals surface area contributed by atoms with Gasteiger partial charge in [-0.05, 0) is 19.3 Å². The molecule has 4 heteroatoms. The number of hydrogen-bond donors (Lipinski definition) is 0. The Bertz CT molecular complexity index is 396. The second kappa shape index (κ2) is 9.85. The van der Waals surface area contributed by atoms with Gasteiger partial charge in [-0.25, -0.2) is 0 Å². The number of unbranched alkanes of at least 4 members (excludes halogenated alkanes) is 2. The summed E-state index contributed by atoms with van der Waals surface area (Å²) in [5.74, 6) is 4.51. The first-order chi connectivity index (χ1) is 9.58. The molecule has 0 spiro atoms. The van der Waals surface area contributed by atoms with Crippen LogP contribution in [0.15, 0.2) is 25.3 Å². The molecule has 0 aromatic carbocycles. The van der Waals surface area contributed by atoms with Gasteiger partial charge in [0.15, 0.2) is 5.41 Å². The Hall–Kier alpha value is -2.02. The molecule has 0 aromatic rings. The van der Waals surface area contributed by atoms with Crippen LogP contribution in [-0.4, -0.2) is 26.2 Å². The largest absolute Gasteiger partial charge is 0.468 e. The first-order valence-electron chi connectivity index (χ1n) is 6.43. The summed E-state index contributed by atoms with van der Waals surface area (Å²) in [6, 6.07) is 0. The average Bonchev–Trinajstić information content (AvgIpc) is 2.47. The summed E-state index contributed by atoms with van der Waals surface area (Å²) in [6.07, 6.45) is 6.00. The summed E-state index contributed by atoms with van der Waals surface area (Å²) in [7, 11) is 2.47. The van der Waals surface area contributed by atoms with Gasteiger partial charge < -0.3 is 9.47 Å². The van der Waals surface area contributed by atoms with E-state index in [0.717, 1.165) is 12.8 Å². The summed E-state index contributed by atoms with van der Waals surface area (Å²) in [5, 5.41) is 0. The van der Waals surface area contributed by atoms with Gasteiger partial charge in [0, 0.05) is 12.8 Å². The van der Waals surface area contributed by atoms with Crippen LogP contribution in [0.1, 0.15) is 32.1 Å². The van der Waals surface area contributed by atoms with Crippen molar-refractivity contribution >= 4 is 11.9 Å². The van der Waals surface area contributed by atoms with E-state index in [4.69, 9.17) is 9.47 Å². The van der Waals surface area contributed by atoms with E-state index in [1.54, 1.807) is 0 Å². The zero-order valence-corrected chi connectivity index (χ0v) is 12.2. The molecule has 0 radical (unpaired) electrons. The highest BCUT2D eigenvalue weighted by Crippen LogP contribution is 2.30. The highest BCUT2D eigenvalue weighted by Gasteiger charge is 2.46. The molecule has 20 heavy (non-hydrogen) atoms. The Morgan fingerprint density at radius 3 is 2.15 bits per heavy atom. The molecule has 0 saturated heterocycles. The molecule has 110 valence electrons. The van der Waals surface area contributed by atoms with Crippen LogP contribution in [0.5, 0.6) is 0 Å². The van der Waals surface area contributed by atoms with Gasteiger partial charge in [0.2, 0.25) is 0 Å². The van der Waals surface area contributed by atoms with Gasteiger partial charge in [-0.1, -0.05) is 12.2 Å². The van der Waals surface area contributed by atoms with Crippen LogP contribution < -0.4 is 0 Å². The Kier molecular flexibility index (Phi) is 8.86. The molecule has 0 N–H and O–H groups in total. The molecular weight excluding hydrogens is 256 g/mol. The van der Waals surface area contributed by atoms with Crippen molar-refractivity contribution in [2.45, 2.75) is 32.1 Å². The van der Waals surface area contributed by atoms with Gasteiger partial charge >= 0.3 is 11.9 Å². The van der Waals surface area contributed by atoms with Crippen LogP contribution in [0.4, 0.5) is 0 Å². The van der Waals surface area contributed by atoms with E-state index in [2.05, 4.69) is 25.0 Å². The molecule has 0 aliphatic heterocycles. The standard InChI is InChI=1S/C16H22O4/c1-5-7-8-9-10-11-13-16(12-6-2,14(17)19-3)15(18)20-4/h5-6H,1-2,7-9,12-13H2,3-4H3. The number of allylic oxidation sites excluding steroid dienone is 2. The highest BCUT2D eigenvalue weighted by atomic mass is 16.5. The minimum absolute atomic E-state index is 0.0620. The van der Waals surface area contributed by atoms with Crippen molar-refractivity contribution in [3.05, 3.63) is 25.3 Å². The van der Waals surface area contributed by atoms with Crippen molar-refractivity contribution in [1.29, 1.82) is 0 Å². The summed E-state index contributed by atoms with van der Waals surface area (Å²) in [4.78, 5) is 23.9. The minimum atomic E-state index is -1.42. The quantitative estimate of drug-likeness (QED) is 0.225. The molecule has 4 nitrogen and oxygen atoms in total. The fourth-order valence-corrected chi connectivity index (χ4v) is 1.74. The van der Waals surface area contributed by atoms with Crippen molar-refractivity contribution < 1.29 is 19.1 Å². The van der Waals surface area contributed by atoms with Crippen molar-refractivity contribution in [3.63, 3.8) is 0 Å². The number of carbonyl (C=O) groups is 2. The van der Waals surface area contributed by atoms with Crippen molar-refractivity contribution in [1.82, 2.24) is 0 Å². The van der Waals surface area contributed by atoms with E-state index in [-0.39, 0.29) is 12.8 Å². The van der Waals surface area contributed by atoms with E-state index < -0.39 is 17.4 Å². The average molecular weight is 278 g/mol. The van der Waals surface area contributed by atoms with Crippen LogP contribution in [0.3, 0.4) is 0 Å². The zero-order valence-electron chi connectivity index (χ0n) is 12.2. The minimum Gasteiger partial charge on any atom is -0.468 e. The molecule has 0 heterocycles. The third-order valence-electron chi connectivity index (χ3n) is 2.87. The van der Waals surface area contributed by atoms with Crippen molar-refractivity contribution in [2.75, 3.05) is 14.2 Å². The van der Waals surface area contributed by atoms with E-state index in [9.17, 15) is 9.59 Å². The van der Waals surface area contributed by atoms with Gasteiger partial charge in [-0.3, -0.25) is 9.59 Å². The predicted molar refractivity (Wildman–Crippen MR) is 77.7 cm³/mol. The molecule has 0 saturated carbocycles. The normalized spacial score (nSPS) is 9.90. The molecule has 0 rings (SSSR count). The molecule has 0 unspecified atom stereocenters. The Balaban J connectivity index is 5.00. The molecule has 0 fully saturated rings. The van der Waals surface area contributed by atoms with Gasteiger partial charge in [0.05, 0.1) is 14.2 Å². The molecular formula is C16H22O4. The predicted octanol–water partition coefficient (Wildman–Crippen LogP) is 2.64. The van der Waals surface area contributed by atoms with Gasteiger partial charge in [-0.2, -0.15) is 0 Å². The summed E-state index contributed by atoms with van der Waals surface area (Å²) in [5.41, 5.74) is -1.42. The van der Waals surface area contributed by atoms with Crippen molar-refractivity contribution in [2.24, 2.45) is 5.41 Å². The fourth-order valence-electron chi connectivity index (χ4n) is 1.74. The number of esters is 2. The SMILES string of the molecule is C=CCCCC#CCC(CC=C)(C(=O)OC)C(=O)OC. The first kappa shape index (κ1) is 18.0. The maximum Gasteiger partial charge on any atom is 0.324 e. The van der Waals surface area contributed by atoms with Crippen LogP contribution in [0.25, 0.3) is 0 Å². The second-order valence-corrected chi connectivity index (χ2v) is 4.27. The second-order valence-electron chi connectivity index (χ2n) is 4.27. The molecule has 0 aromatic heterocycles. The molecule has 0 amide bonds. The molecule has 0 aliphatic rings. The molecule has 0 bridgehead atoms. The zero-order chi connectivity index (χ0) is 15.4. The van der Waals surface area contributed by atoms with Crippen LogP contribution >= 0.6 is 0 Å². The maximum atomic E-state index is 11.9. The third-order valence-corrected chi connectivity index (χ3v) is 2.87. The number of rotatable bonds is 8. The topological polar surface area (TPSA) is 52.6 Å². The molecule has 0 aliphatic carbocycles. The monoisotopic (exact) mass is 278 g/mol. The van der Waals surface area contributed by atoms with Crippen molar-refractivity contribution in [3.8, 4) is 11.8 Å². The lowest BCUT2D eigenvalue weighted by Gasteiger charge is -2.24. The number of carbonyl (C=O) groups excluding carboxylic acids is 2. The van der Waals surface area contributed by atoms with Crippen LogP contribution in [-0.2, 0) is 19.1 Å². The number of hydrogen-bond acceptors (Lipinski definition) is 4. The molecule has 0 atom stereocenters. The first-order valence-corrected chi connectivity index (χ1v) is 6.43. The van der Waals surface area contributed by atoms with Crippen LogP contribution in [0.2, 0.25) is 0 Å². The van der Waals surface area contributed by atoms with E-state index in [1.807, 2.05) is 6.08 Å². The van der Waals surface area contributed by atoms with Crippen LogP contribution in [0, 0.1) is 17.3 Å². The summed E-state index contributed by atoms with van der Waals surface area (Å²) < 4.78 is 9.44. The number of methoxy groups -OCH3 is 2. The summed E-state index contributed by atoms with van der Waals surface area (Å²) >= 11 is 0. The van der Waals surface area contributed by atoms with E-state index >= 15 is 0 Å². The Morgan fingerprint density at radius 1 is 1.10 bits per heavy atom. The smallest absolute Gasteiger partial charge is 0.324 e. The number of ether oxygens (including phenoxy) is 2. The van der Waals surface area contributed by atoms with Gasteiger partial charge in [0.1, 0.15) is 0 Å². The fraction of sp³-hybridized carbons (Fsp3) is 0.500. The Morgan fingerprint density at radius 2 is 1.70 bits per heavy atom. The van der Waals surface area contributed by atoms with Gasteiger partial charge in [0.25, 0.3) is 0 Å². The maximum absolute atomic E-state index is 11.9. The lowest BCUT2D eigenvalue weighted by atomic mass is 9.81. The van der Waals surface area contributed by atoms with E-state index in [1.165, 1.54) is 20.3 Å². The van der Waals surface area contributed by atoms with E-state index in [0.29, 0.717) is 6.42 Å².